The molecule has 0 heterocycles. The molecule has 4 aliphatic carbocycles. The summed E-state index contributed by atoms with van der Waals surface area (Å²) in [5, 5.41) is 21.8. The lowest BCUT2D eigenvalue weighted by molar-refractivity contribution is -0.157. The average Bonchev–Trinajstić information content (AvgIpc) is 3.02. The van der Waals surface area contributed by atoms with Crippen LogP contribution in [0.4, 0.5) is 0 Å². The maximum atomic E-state index is 13.1. The topological polar surface area (TPSA) is 74.6 Å². The maximum Gasteiger partial charge on any atom is 0.190 e. The van der Waals surface area contributed by atoms with Gasteiger partial charge >= 0.3 is 0 Å². The third-order valence-corrected chi connectivity index (χ3v) is 8.94. The molecule has 0 bridgehead atoms. The Morgan fingerprint density at radius 1 is 1.16 bits per heavy atom. The predicted octanol–water partition coefficient (Wildman–Crippen LogP) is 3.90. The van der Waals surface area contributed by atoms with Crippen LogP contribution in [-0.2, 0) is 9.59 Å². The SMILES string of the molecule is C[C@]12C=CC(=O)CC1=CCC1C2=CC[C@@]2(C)C1C[C@@H](c1ccccc1)[C@]2(O)C(=O)CO. The zero-order valence-corrected chi connectivity index (χ0v) is 18.2. The van der Waals surface area contributed by atoms with Crippen LogP contribution in [0.15, 0.2) is 65.8 Å². The number of aliphatic hydroxyl groups excluding tert-OH is 1. The number of carbonyl (C=O) groups is 2. The Kier molecular flexibility index (Phi) is 4.55. The maximum absolute atomic E-state index is 13.1. The molecule has 5 rings (SSSR count). The second-order valence-electron chi connectivity index (χ2n) is 10.2. The Labute approximate surface area is 183 Å². The van der Waals surface area contributed by atoms with Gasteiger partial charge in [0.05, 0.1) is 0 Å². The van der Waals surface area contributed by atoms with Gasteiger partial charge in [-0.15, -0.1) is 0 Å². The number of benzene rings is 1. The molecule has 1 fully saturated rings. The van der Waals surface area contributed by atoms with E-state index in [1.54, 1.807) is 6.08 Å². The smallest absolute Gasteiger partial charge is 0.190 e. The Hall–Kier alpha value is -2.30. The lowest BCUT2D eigenvalue weighted by Gasteiger charge is -2.53. The van der Waals surface area contributed by atoms with Crippen LogP contribution in [0.25, 0.3) is 0 Å². The summed E-state index contributed by atoms with van der Waals surface area (Å²) in [7, 11) is 0. The normalized spacial score (nSPS) is 41.0. The van der Waals surface area contributed by atoms with Gasteiger partial charge in [0.1, 0.15) is 12.2 Å². The molecule has 2 N–H and O–H groups in total. The first kappa shape index (κ1) is 20.6. The molecular weight excluding hydrogens is 388 g/mol. The van der Waals surface area contributed by atoms with E-state index in [9.17, 15) is 19.8 Å². The van der Waals surface area contributed by atoms with Gasteiger partial charge < -0.3 is 10.2 Å². The Balaban J connectivity index is 1.63. The van der Waals surface area contributed by atoms with Crippen molar-refractivity contribution in [1.82, 2.24) is 0 Å². The quantitative estimate of drug-likeness (QED) is 0.730. The summed E-state index contributed by atoms with van der Waals surface area (Å²) in [5.74, 6) is -0.366. The molecule has 4 nitrogen and oxygen atoms in total. The summed E-state index contributed by atoms with van der Waals surface area (Å²) in [6, 6.07) is 9.77. The van der Waals surface area contributed by atoms with Crippen molar-refractivity contribution in [3.05, 3.63) is 71.3 Å². The number of hydrogen-bond acceptors (Lipinski definition) is 4. The van der Waals surface area contributed by atoms with Gasteiger partial charge in [-0.05, 0) is 49.7 Å². The van der Waals surface area contributed by atoms with E-state index < -0.39 is 23.4 Å². The van der Waals surface area contributed by atoms with Crippen molar-refractivity contribution in [2.24, 2.45) is 22.7 Å². The van der Waals surface area contributed by atoms with E-state index in [4.69, 9.17) is 0 Å². The van der Waals surface area contributed by atoms with E-state index >= 15 is 0 Å². The van der Waals surface area contributed by atoms with Crippen molar-refractivity contribution >= 4 is 11.6 Å². The average molecular weight is 419 g/mol. The van der Waals surface area contributed by atoms with Crippen LogP contribution in [0, 0.1) is 22.7 Å². The van der Waals surface area contributed by atoms with Gasteiger partial charge in [-0.2, -0.15) is 0 Å². The molecule has 162 valence electrons. The number of hydrogen-bond donors (Lipinski definition) is 2. The van der Waals surface area contributed by atoms with Crippen LogP contribution >= 0.6 is 0 Å². The molecule has 6 atom stereocenters. The van der Waals surface area contributed by atoms with Crippen molar-refractivity contribution in [2.45, 2.75) is 51.0 Å². The van der Waals surface area contributed by atoms with Crippen molar-refractivity contribution < 1.29 is 19.8 Å². The van der Waals surface area contributed by atoms with Gasteiger partial charge in [-0.3, -0.25) is 9.59 Å². The third kappa shape index (κ3) is 2.61. The molecule has 4 heteroatoms. The molecule has 0 saturated heterocycles. The van der Waals surface area contributed by atoms with E-state index in [2.05, 4.69) is 19.1 Å². The second kappa shape index (κ2) is 6.85. The number of fused-ring (bicyclic) bond motifs is 5. The number of rotatable bonds is 3. The zero-order chi connectivity index (χ0) is 22.0. The van der Waals surface area contributed by atoms with Crippen LogP contribution in [0.5, 0.6) is 0 Å². The third-order valence-electron chi connectivity index (χ3n) is 8.94. The fourth-order valence-electron chi connectivity index (χ4n) is 7.19. The molecule has 4 aliphatic rings. The molecule has 31 heavy (non-hydrogen) atoms. The minimum absolute atomic E-state index is 0.110. The van der Waals surface area contributed by atoms with Gasteiger partial charge in [0, 0.05) is 23.2 Å². The van der Waals surface area contributed by atoms with E-state index in [1.165, 1.54) is 11.1 Å². The molecule has 0 aromatic heterocycles. The van der Waals surface area contributed by atoms with E-state index in [0.29, 0.717) is 19.3 Å². The van der Waals surface area contributed by atoms with Crippen molar-refractivity contribution in [3.63, 3.8) is 0 Å². The zero-order valence-electron chi connectivity index (χ0n) is 18.2. The van der Waals surface area contributed by atoms with Gasteiger partial charge in [0.25, 0.3) is 0 Å². The Morgan fingerprint density at radius 3 is 2.61 bits per heavy atom. The van der Waals surface area contributed by atoms with E-state index in [0.717, 1.165) is 12.0 Å². The first-order chi connectivity index (χ1) is 14.8. The highest BCUT2D eigenvalue weighted by atomic mass is 16.3. The fourth-order valence-corrected chi connectivity index (χ4v) is 7.19. The van der Waals surface area contributed by atoms with Crippen LogP contribution in [0.1, 0.15) is 51.0 Å². The first-order valence-electron chi connectivity index (χ1n) is 11.3. The lowest BCUT2D eigenvalue weighted by atomic mass is 9.52. The summed E-state index contributed by atoms with van der Waals surface area (Å²) in [5.41, 5.74) is 0.915. The van der Waals surface area contributed by atoms with Gasteiger partial charge in [0.15, 0.2) is 11.6 Å². The number of allylic oxidation sites excluding steroid dienone is 6. The fraction of sp³-hybridized carbons (Fsp3) is 0.481. The molecule has 1 saturated carbocycles. The molecule has 0 aliphatic heterocycles. The van der Waals surface area contributed by atoms with Crippen LogP contribution < -0.4 is 0 Å². The highest BCUT2D eigenvalue weighted by Crippen LogP contribution is 2.67. The largest absolute Gasteiger partial charge is 0.388 e. The molecular formula is C27H30O4. The standard InChI is InChI=1S/C27H30O4/c1-25-12-10-19(29)14-18(25)8-9-20-21(25)11-13-26(2)23(20)15-22(17-6-4-3-5-7-17)27(26,31)24(30)16-28/h3-8,10-12,20,22-23,28,31H,9,13-16H2,1-2H3/t20?,22-,23?,25-,26-,27-/m0/s1. The highest BCUT2D eigenvalue weighted by Gasteiger charge is 2.68. The van der Waals surface area contributed by atoms with Crippen LogP contribution in [0.3, 0.4) is 0 Å². The monoisotopic (exact) mass is 418 g/mol. The van der Waals surface area contributed by atoms with Gasteiger partial charge in [-0.25, -0.2) is 0 Å². The summed E-state index contributed by atoms with van der Waals surface area (Å²) >= 11 is 0. The summed E-state index contributed by atoms with van der Waals surface area (Å²) in [6.45, 7) is 3.57. The van der Waals surface area contributed by atoms with Crippen LogP contribution in [0.2, 0.25) is 0 Å². The number of ketones is 2. The molecule has 0 amide bonds. The van der Waals surface area contributed by atoms with Gasteiger partial charge in [0.2, 0.25) is 0 Å². The van der Waals surface area contributed by atoms with Crippen molar-refractivity contribution in [2.75, 3.05) is 6.61 Å². The predicted molar refractivity (Wildman–Crippen MR) is 118 cm³/mol. The van der Waals surface area contributed by atoms with E-state index in [1.807, 2.05) is 43.3 Å². The second-order valence-corrected chi connectivity index (χ2v) is 10.2. The number of Topliss-reactive ketones (excluding diaryl/α,β-unsaturated/α-hetero) is 1. The molecule has 1 aromatic carbocycles. The molecule has 2 unspecified atom stereocenters. The molecule has 0 spiro atoms. The summed E-state index contributed by atoms with van der Waals surface area (Å²) < 4.78 is 0. The molecule has 0 radical (unpaired) electrons. The summed E-state index contributed by atoms with van der Waals surface area (Å²) in [6.07, 6.45) is 10.8. The van der Waals surface area contributed by atoms with E-state index in [-0.39, 0.29) is 29.0 Å². The first-order valence-corrected chi connectivity index (χ1v) is 11.3. The lowest BCUT2D eigenvalue weighted by Crippen LogP contribution is -2.57. The van der Waals surface area contributed by atoms with Gasteiger partial charge in [-0.1, -0.05) is 66.6 Å². The number of carbonyl (C=O) groups excluding carboxylic acids is 2. The Morgan fingerprint density at radius 2 is 1.90 bits per heavy atom. The van der Waals surface area contributed by atoms with Crippen LogP contribution in [-0.4, -0.2) is 34.0 Å². The minimum Gasteiger partial charge on any atom is -0.388 e. The molecule has 1 aromatic rings. The van der Waals surface area contributed by atoms with Crippen molar-refractivity contribution in [3.8, 4) is 0 Å². The van der Waals surface area contributed by atoms with Crippen molar-refractivity contribution in [1.29, 1.82) is 0 Å². The Bertz CT molecular complexity index is 1030. The number of aliphatic hydroxyl groups is 2. The summed E-state index contributed by atoms with van der Waals surface area (Å²) in [4.78, 5) is 25.1. The highest BCUT2D eigenvalue weighted by molar-refractivity contribution is 5.94. The minimum atomic E-state index is -1.61.